The Labute approximate surface area is 150 Å². The number of aryl methyl sites for hydroxylation is 1. The van der Waals surface area contributed by atoms with Gasteiger partial charge in [0, 0.05) is 5.69 Å². The van der Waals surface area contributed by atoms with Crippen LogP contribution in [0, 0.1) is 18.3 Å². The second-order valence-electron chi connectivity index (χ2n) is 5.52. The molecule has 0 aromatic heterocycles. The number of halogens is 1. The maximum absolute atomic E-state index is 12.3. The third-order valence-corrected chi connectivity index (χ3v) is 3.85. The Morgan fingerprint density at radius 3 is 2.84 bits per heavy atom. The summed E-state index contributed by atoms with van der Waals surface area (Å²) in [6, 6.07) is 12.6. The van der Waals surface area contributed by atoms with E-state index in [1.807, 2.05) is 31.2 Å². The second kappa shape index (κ2) is 7.29. The minimum absolute atomic E-state index is 0.0331. The van der Waals surface area contributed by atoms with Gasteiger partial charge in [-0.2, -0.15) is 5.26 Å². The first kappa shape index (κ1) is 16.9. The SMILES string of the molecule is Cc1cccc(NC(=O)/C(C#N)=C/c2cc(Cl)c3c(c2)OCCO3)c1. The van der Waals surface area contributed by atoms with Crippen molar-refractivity contribution < 1.29 is 14.3 Å². The Morgan fingerprint density at radius 1 is 1.28 bits per heavy atom. The molecule has 1 N–H and O–H groups in total. The highest BCUT2D eigenvalue weighted by atomic mass is 35.5. The van der Waals surface area contributed by atoms with Crippen molar-refractivity contribution >= 4 is 29.3 Å². The molecule has 0 saturated heterocycles. The largest absolute Gasteiger partial charge is 0.486 e. The predicted molar refractivity (Wildman–Crippen MR) is 95.8 cm³/mol. The minimum atomic E-state index is -0.487. The fourth-order valence-electron chi connectivity index (χ4n) is 2.45. The van der Waals surface area contributed by atoms with Crippen molar-refractivity contribution in [1.82, 2.24) is 0 Å². The molecule has 3 rings (SSSR count). The number of hydrogen-bond donors (Lipinski definition) is 1. The van der Waals surface area contributed by atoms with E-state index in [9.17, 15) is 10.1 Å². The lowest BCUT2D eigenvalue weighted by atomic mass is 10.1. The monoisotopic (exact) mass is 354 g/mol. The van der Waals surface area contributed by atoms with Crippen LogP contribution in [0.4, 0.5) is 5.69 Å². The number of benzene rings is 2. The molecule has 2 aromatic carbocycles. The summed E-state index contributed by atoms with van der Waals surface area (Å²) in [4.78, 5) is 12.3. The van der Waals surface area contributed by atoms with Crippen LogP contribution in [0.15, 0.2) is 42.0 Å². The van der Waals surface area contributed by atoms with Gasteiger partial charge < -0.3 is 14.8 Å². The van der Waals surface area contributed by atoms with Gasteiger partial charge in [-0.1, -0.05) is 23.7 Å². The summed E-state index contributed by atoms with van der Waals surface area (Å²) in [7, 11) is 0. The molecular weight excluding hydrogens is 340 g/mol. The summed E-state index contributed by atoms with van der Waals surface area (Å²) in [6.45, 7) is 2.79. The normalized spacial score (nSPS) is 13.1. The van der Waals surface area contributed by atoms with Crippen LogP contribution in [0.25, 0.3) is 6.08 Å². The smallest absolute Gasteiger partial charge is 0.266 e. The molecule has 0 fully saturated rings. The summed E-state index contributed by atoms with van der Waals surface area (Å²) >= 11 is 6.18. The van der Waals surface area contributed by atoms with Crippen molar-refractivity contribution in [3.05, 3.63) is 58.1 Å². The first-order chi connectivity index (χ1) is 12.1. The van der Waals surface area contributed by atoms with E-state index in [1.165, 1.54) is 6.08 Å². The van der Waals surface area contributed by atoms with Gasteiger partial charge in [-0.3, -0.25) is 4.79 Å². The lowest BCUT2D eigenvalue weighted by Gasteiger charge is -2.19. The number of hydrogen-bond acceptors (Lipinski definition) is 4. The highest BCUT2D eigenvalue weighted by Crippen LogP contribution is 2.38. The molecule has 0 aliphatic carbocycles. The fourth-order valence-corrected chi connectivity index (χ4v) is 2.72. The Morgan fingerprint density at radius 2 is 2.08 bits per heavy atom. The number of carbonyl (C=O) groups excluding carboxylic acids is 1. The summed E-state index contributed by atoms with van der Waals surface area (Å²) in [5, 5.41) is 12.4. The van der Waals surface area contributed by atoms with E-state index in [-0.39, 0.29) is 5.57 Å². The van der Waals surface area contributed by atoms with Crippen LogP contribution in [-0.4, -0.2) is 19.1 Å². The van der Waals surface area contributed by atoms with Crippen LogP contribution in [-0.2, 0) is 4.79 Å². The third kappa shape index (κ3) is 3.93. The van der Waals surface area contributed by atoms with Gasteiger partial charge in [0.05, 0.1) is 5.02 Å². The summed E-state index contributed by atoms with van der Waals surface area (Å²) < 4.78 is 11.0. The van der Waals surface area contributed by atoms with Crippen molar-refractivity contribution in [2.24, 2.45) is 0 Å². The maximum Gasteiger partial charge on any atom is 0.266 e. The van der Waals surface area contributed by atoms with Gasteiger partial charge in [0.15, 0.2) is 11.5 Å². The number of nitrogens with one attached hydrogen (secondary N) is 1. The molecule has 0 spiro atoms. The van der Waals surface area contributed by atoms with Crippen LogP contribution < -0.4 is 14.8 Å². The number of carbonyl (C=O) groups is 1. The first-order valence-electron chi connectivity index (χ1n) is 7.66. The molecule has 0 bridgehead atoms. The first-order valence-corrected chi connectivity index (χ1v) is 8.03. The number of anilines is 1. The van der Waals surface area contributed by atoms with E-state index in [0.717, 1.165) is 5.56 Å². The average Bonchev–Trinajstić information content (AvgIpc) is 2.59. The number of ether oxygens (including phenoxy) is 2. The molecule has 2 aromatic rings. The zero-order valence-corrected chi connectivity index (χ0v) is 14.3. The molecule has 25 heavy (non-hydrogen) atoms. The number of fused-ring (bicyclic) bond motifs is 1. The Balaban J connectivity index is 1.86. The minimum Gasteiger partial charge on any atom is -0.486 e. The average molecular weight is 355 g/mol. The van der Waals surface area contributed by atoms with E-state index in [1.54, 1.807) is 18.2 Å². The molecule has 0 saturated carbocycles. The van der Waals surface area contributed by atoms with Gasteiger partial charge in [-0.05, 0) is 48.4 Å². The molecule has 0 atom stereocenters. The standard InChI is InChI=1S/C19H15ClN2O3/c1-12-3-2-4-15(7-12)22-19(23)14(11-21)8-13-9-16(20)18-17(10-13)24-5-6-25-18/h2-4,7-10H,5-6H2,1H3,(H,22,23)/b14-8+. The Bertz CT molecular complexity index is 900. The van der Waals surface area contributed by atoms with E-state index in [2.05, 4.69) is 5.32 Å². The van der Waals surface area contributed by atoms with Crippen LogP contribution in [0.5, 0.6) is 11.5 Å². The molecule has 0 radical (unpaired) electrons. The van der Waals surface area contributed by atoms with E-state index in [0.29, 0.717) is 41.0 Å². The maximum atomic E-state index is 12.3. The number of nitrogens with zero attached hydrogens (tertiary/aromatic N) is 1. The van der Waals surface area contributed by atoms with Crippen molar-refractivity contribution in [3.63, 3.8) is 0 Å². The van der Waals surface area contributed by atoms with Gasteiger partial charge in [0.1, 0.15) is 24.9 Å². The van der Waals surface area contributed by atoms with E-state index in [4.69, 9.17) is 21.1 Å². The molecule has 126 valence electrons. The van der Waals surface area contributed by atoms with Gasteiger partial charge in [0.25, 0.3) is 5.91 Å². The molecule has 1 aliphatic heterocycles. The summed E-state index contributed by atoms with van der Waals surface area (Å²) in [6.07, 6.45) is 1.47. The van der Waals surface area contributed by atoms with E-state index >= 15 is 0 Å². The van der Waals surface area contributed by atoms with E-state index < -0.39 is 5.91 Å². The van der Waals surface area contributed by atoms with Crippen LogP contribution in [0.3, 0.4) is 0 Å². The lowest BCUT2D eigenvalue weighted by molar-refractivity contribution is -0.112. The summed E-state index contributed by atoms with van der Waals surface area (Å²) in [5.74, 6) is 0.494. The van der Waals surface area contributed by atoms with Crippen LogP contribution in [0.2, 0.25) is 5.02 Å². The highest BCUT2D eigenvalue weighted by molar-refractivity contribution is 6.32. The molecule has 5 nitrogen and oxygen atoms in total. The zero-order valence-electron chi connectivity index (χ0n) is 13.5. The molecule has 1 heterocycles. The molecule has 0 unspecified atom stereocenters. The quantitative estimate of drug-likeness (QED) is 0.668. The van der Waals surface area contributed by atoms with Gasteiger partial charge in [0.2, 0.25) is 0 Å². The molecule has 1 amide bonds. The van der Waals surface area contributed by atoms with Crippen molar-refractivity contribution in [1.29, 1.82) is 5.26 Å². The highest BCUT2D eigenvalue weighted by Gasteiger charge is 2.17. The van der Waals surface area contributed by atoms with Crippen LogP contribution >= 0.6 is 11.6 Å². The third-order valence-electron chi connectivity index (χ3n) is 3.57. The second-order valence-corrected chi connectivity index (χ2v) is 5.93. The topological polar surface area (TPSA) is 71.4 Å². The number of nitriles is 1. The fraction of sp³-hybridized carbons (Fsp3) is 0.158. The van der Waals surface area contributed by atoms with Gasteiger partial charge >= 0.3 is 0 Å². The number of rotatable bonds is 3. The molecule has 6 heteroatoms. The summed E-state index contributed by atoms with van der Waals surface area (Å²) in [5.41, 5.74) is 2.20. The van der Waals surface area contributed by atoms with Crippen LogP contribution in [0.1, 0.15) is 11.1 Å². The van der Waals surface area contributed by atoms with Gasteiger partial charge in [-0.15, -0.1) is 0 Å². The van der Waals surface area contributed by atoms with Gasteiger partial charge in [-0.25, -0.2) is 0 Å². The Kier molecular flexibility index (Phi) is 4.92. The molecule has 1 aliphatic rings. The van der Waals surface area contributed by atoms with Crippen molar-refractivity contribution in [2.45, 2.75) is 6.92 Å². The van der Waals surface area contributed by atoms with Crippen molar-refractivity contribution in [2.75, 3.05) is 18.5 Å². The molecular formula is C19H15ClN2O3. The Hall–Kier alpha value is -2.97. The lowest BCUT2D eigenvalue weighted by Crippen LogP contribution is -2.16. The van der Waals surface area contributed by atoms with Crippen molar-refractivity contribution in [3.8, 4) is 17.6 Å². The number of amides is 1. The predicted octanol–water partition coefficient (Wildman–Crippen LogP) is 3.97. The zero-order chi connectivity index (χ0) is 17.8.